The number of halogens is 1. The van der Waals surface area contributed by atoms with Crippen LogP contribution < -0.4 is 5.32 Å². The Kier molecular flexibility index (Phi) is 5.11. The highest BCUT2D eigenvalue weighted by molar-refractivity contribution is 9.10. The van der Waals surface area contributed by atoms with Crippen LogP contribution in [0.25, 0.3) is 0 Å². The number of amides is 1. The molecule has 1 amide bonds. The highest BCUT2D eigenvalue weighted by Crippen LogP contribution is 2.22. The fraction of sp³-hybridized carbons (Fsp3) is 0.125. The van der Waals surface area contributed by atoms with E-state index in [-0.39, 0.29) is 11.7 Å². The molecule has 4 nitrogen and oxygen atoms in total. The second-order valence-corrected chi connectivity index (χ2v) is 5.33. The van der Waals surface area contributed by atoms with Crippen LogP contribution in [0.3, 0.4) is 0 Å². The minimum absolute atomic E-state index is 0.0229. The molecular formula is C16H15BrN2O2. The van der Waals surface area contributed by atoms with Crippen molar-refractivity contribution < 1.29 is 9.90 Å². The Bertz CT molecular complexity index is 666. The maximum absolute atomic E-state index is 11.3. The number of phenols is 1. The van der Waals surface area contributed by atoms with Gasteiger partial charge in [-0.1, -0.05) is 22.9 Å². The van der Waals surface area contributed by atoms with E-state index < -0.39 is 0 Å². The summed E-state index contributed by atoms with van der Waals surface area (Å²) in [5.74, 6) is 0.152. The molecule has 0 saturated carbocycles. The number of benzene rings is 2. The number of carbonyl (C=O) groups is 1. The fourth-order valence-electron chi connectivity index (χ4n) is 1.65. The third-order valence-electron chi connectivity index (χ3n) is 2.81. The molecule has 0 heterocycles. The Labute approximate surface area is 131 Å². The van der Waals surface area contributed by atoms with Gasteiger partial charge in [-0.2, -0.15) is 0 Å². The molecule has 0 aliphatic rings. The third kappa shape index (κ3) is 4.43. The molecule has 0 spiro atoms. The summed E-state index contributed by atoms with van der Waals surface area (Å²) < 4.78 is 0.874. The molecule has 21 heavy (non-hydrogen) atoms. The first-order chi connectivity index (χ1) is 10.1. The number of nitrogens with one attached hydrogen (secondary N) is 1. The van der Waals surface area contributed by atoms with E-state index in [4.69, 9.17) is 0 Å². The van der Waals surface area contributed by atoms with Crippen molar-refractivity contribution in [3.8, 4) is 5.75 Å². The summed E-state index contributed by atoms with van der Waals surface area (Å²) in [6.07, 6.45) is 2.04. The first-order valence-electron chi connectivity index (χ1n) is 6.51. The molecule has 2 N–H and O–H groups in total. The Morgan fingerprint density at radius 3 is 2.67 bits per heavy atom. The molecule has 2 aromatic rings. The number of carbonyl (C=O) groups excluding carboxylic acids is 1. The zero-order valence-electron chi connectivity index (χ0n) is 11.5. The predicted octanol–water partition coefficient (Wildman–Crippen LogP) is 4.25. The Balaban J connectivity index is 2.11. The van der Waals surface area contributed by atoms with Crippen molar-refractivity contribution in [1.29, 1.82) is 0 Å². The largest absolute Gasteiger partial charge is 0.507 e. The average molecular weight is 347 g/mol. The standard InChI is InChI=1S/C16H15BrN2O2/c1-2-16(21)19-14-6-4-13(5-7-14)18-10-11-9-12(17)3-8-15(11)20/h3-10,20H,2H2,1H3,(H,19,21). The zero-order chi connectivity index (χ0) is 15.2. The Hall–Kier alpha value is -2.14. The van der Waals surface area contributed by atoms with E-state index in [1.165, 1.54) is 0 Å². The second-order valence-electron chi connectivity index (χ2n) is 4.41. The smallest absolute Gasteiger partial charge is 0.224 e. The van der Waals surface area contributed by atoms with Gasteiger partial charge in [0.25, 0.3) is 0 Å². The number of anilines is 1. The zero-order valence-corrected chi connectivity index (χ0v) is 13.1. The van der Waals surface area contributed by atoms with Crippen molar-refractivity contribution in [2.24, 2.45) is 4.99 Å². The predicted molar refractivity (Wildman–Crippen MR) is 88.4 cm³/mol. The number of phenolic OH excluding ortho intramolecular Hbond substituents is 1. The lowest BCUT2D eigenvalue weighted by Crippen LogP contribution is -2.08. The average Bonchev–Trinajstić information content (AvgIpc) is 2.49. The van der Waals surface area contributed by atoms with E-state index in [9.17, 15) is 9.90 Å². The van der Waals surface area contributed by atoms with Gasteiger partial charge in [0.1, 0.15) is 5.75 Å². The number of aromatic hydroxyl groups is 1. The molecule has 108 valence electrons. The summed E-state index contributed by atoms with van der Waals surface area (Å²) in [7, 11) is 0. The second kappa shape index (κ2) is 7.04. The molecule has 2 rings (SSSR count). The molecule has 0 aromatic heterocycles. The van der Waals surface area contributed by atoms with E-state index in [0.29, 0.717) is 12.0 Å². The van der Waals surface area contributed by atoms with Gasteiger partial charge in [0.15, 0.2) is 0 Å². The van der Waals surface area contributed by atoms with Crippen molar-refractivity contribution in [1.82, 2.24) is 0 Å². The number of hydrogen-bond donors (Lipinski definition) is 2. The molecule has 0 bridgehead atoms. The van der Waals surface area contributed by atoms with Crippen LogP contribution in [0.4, 0.5) is 11.4 Å². The molecule has 0 aliphatic heterocycles. The molecule has 0 aliphatic carbocycles. The van der Waals surface area contributed by atoms with Gasteiger partial charge in [-0.05, 0) is 42.5 Å². The minimum atomic E-state index is -0.0229. The fourth-order valence-corrected chi connectivity index (χ4v) is 2.03. The van der Waals surface area contributed by atoms with Crippen molar-refractivity contribution in [2.75, 3.05) is 5.32 Å². The van der Waals surface area contributed by atoms with Crippen LogP contribution in [0, 0.1) is 0 Å². The van der Waals surface area contributed by atoms with Crippen molar-refractivity contribution in [2.45, 2.75) is 13.3 Å². The molecule has 0 saturated heterocycles. The van der Waals surface area contributed by atoms with Crippen LogP contribution in [0.2, 0.25) is 0 Å². The van der Waals surface area contributed by atoms with Gasteiger partial charge in [0, 0.05) is 28.4 Å². The SMILES string of the molecule is CCC(=O)Nc1ccc(N=Cc2cc(Br)ccc2O)cc1. The van der Waals surface area contributed by atoms with Gasteiger partial charge in [0.05, 0.1) is 5.69 Å². The molecule has 0 unspecified atom stereocenters. The van der Waals surface area contributed by atoms with Gasteiger partial charge >= 0.3 is 0 Å². The molecular weight excluding hydrogens is 332 g/mol. The van der Waals surface area contributed by atoms with E-state index in [1.54, 1.807) is 55.6 Å². The molecule has 0 fully saturated rings. The van der Waals surface area contributed by atoms with Crippen LogP contribution >= 0.6 is 15.9 Å². The number of aliphatic imine (C=N–C) groups is 1. The number of rotatable bonds is 4. The summed E-state index contributed by atoms with van der Waals surface area (Å²) in [5, 5.41) is 12.5. The summed E-state index contributed by atoms with van der Waals surface area (Å²) in [5.41, 5.74) is 2.11. The van der Waals surface area contributed by atoms with Gasteiger partial charge in [0.2, 0.25) is 5.91 Å². The number of nitrogens with zero attached hydrogens (tertiary/aromatic N) is 1. The molecule has 0 atom stereocenters. The highest BCUT2D eigenvalue weighted by Gasteiger charge is 2.00. The van der Waals surface area contributed by atoms with Crippen LogP contribution in [0.1, 0.15) is 18.9 Å². The lowest BCUT2D eigenvalue weighted by Gasteiger charge is -2.03. The minimum Gasteiger partial charge on any atom is -0.507 e. The lowest BCUT2D eigenvalue weighted by atomic mass is 10.2. The van der Waals surface area contributed by atoms with Crippen molar-refractivity contribution >= 4 is 39.4 Å². The summed E-state index contributed by atoms with van der Waals surface area (Å²) in [6, 6.07) is 12.3. The van der Waals surface area contributed by atoms with Crippen LogP contribution in [-0.4, -0.2) is 17.2 Å². The molecule has 0 radical (unpaired) electrons. The van der Waals surface area contributed by atoms with Gasteiger partial charge in [-0.25, -0.2) is 0 Å². The Morgan fingerprint density at radius 2 is 2.00 bits per heavy atom. The van der Waals surface area contributed by atoms with Crippen molar-refractivity contribution in [3.63, 3.8) is 0 Å². The first kappa shape index (κ1) is 15.3. The lowest BCUT2D eigenvalue weighted by molar-refractivity contribution is -0.115. The quantitative estimate of drug-likeness (QED) is 0.812. The summed E-state index contributed by atoms with van der Waals surface area (Å²) >= 11 is 3.35. The van der Waals surface area contributed by atoms with E-state index in [1.807, 2.05) is 0 Å². The van der Waals surface area contributed by atoms with Gasteiger partial charge < -0.3 is 10.4 Å². The third-order valence-corrected chi connectivity index (χ3v) is 3.31. The topological polar surface area (TPSA) is 61.7 Å². The van der Waals surface area contributed by atoms with E-state index in [0.717, 1.165) is 15.8 Å². The van der Waals surface area contributed by atoms with Crippen LogP contribution in [0.15, 0.2) is 51.9 Å². The van der Waals surface area contributed by atoms with Gasteiger partial charge in [-0.15, -0.1) is 0 Å². The maximum atomic E-state index is 11.3. The number of hydrogen-bond acceptors (Lipinski definition) is 3. The Morgan fingerprint density at radius 1 is 1.29 bits per heavy atom. The summed E-state index contributed by atoms with van der Waals surface area (Å²) in [6.45, 7) is 1.80. The molecule has 2 aromatic carbocycles. The normalized spacial score (nSPS) is 10.8. The molecule has 5 heteroatoms. The van der Waals surface area contributed by atoms with Crippen LogP contribution in [0.5, 0.6) is 5.75 Å². The van der Waals surface area contributed by atoms with Gasteiger partial charge in [-0.3, -0.25) is 9.79 Å². The first-order valence-corrected chi connectivity index (χ1v) is 7.30. The summed E-state index contributed by atoms with van der Waals surface area (Å²) in [4.78, 5) is 15.6. The highest BCUT2D eigenvalue weighted by atomic mass is 79.9. The van der Waals surface area contributed by atoms with E-state index in [2.05, 4.69) is 26.2 Å². The maximum Gasteiger partial charge on any atom is 0.224 e. The monoisotopic (exact) mass is 346 g/mol. The van der Waals surface area contributed by atoms with Crippen LogP contribution in [-0.2, 0) is 4.79 Å². The van der Waals surface area contributed by atoms with Crippen molar-refractivity contribution in [3.05, 3.63) is 52.5 Å². The van der Waals surface area contributed by atoms with E-state index >= 15 is 0 Å².